The lowest BCUT2D eigenvalue weighted by Crippen LogP contribution is -2.34. The van der Waals surface area contributed by atoms with Crippen molar-refractivity contribution >= 4 is 17.4 Å². The molecule has 0 fully saturated rings. The van der Waals surface area contributed by atoms with E-state index in [1.165, 1.54) is 11.0 Å². The minimum absolute atomic E-state index is 0.00917. The van der Waals surface area contributed by atoms with Crippen LogP contribution in [0.3, 0.4) is 0 Å². The highest BCUT2D eigenvalue weighted by Crippen LogP contribution is 2.26. The standard InChI is InChI=1S/C15H19N5O3/c1-11-9-12(2)14(20(22)23)10-13(11)17-15(21)18(3)7-8-19-6-4-5-16-19/h4-6,9-10H,7-8H2,1-3H3,(H,17,21). The minimum atomic E-state index is -0.453. The van der Waals surface area contributed by atoms with Crippen LogP contribution in [0.25, 0.3) is 0 Å². The maximum absolute atomic E-state index is 12.2. The van der Waals surface area contributed by atoms with Crippen molar-refractivity contribution in [3.63, 3.8) is 0 Å². The van der Waals surface area contributed by atoms with Crippen molar-refractivity contribution in [1.29, 1.82) is 0 Å². The van der Waals surface area contributed by atoms with Gasteiger partial charge in [0.1, 0.15) is 0 Å². The van der Waals surface area contributed by atoms with E-state index in [2.05, 4.69) is 10.4 Å². The Morgan fingerprint density at radius 1 is 1.39 bits per heavy atom. The molecule has 1 aromatic carbocycles. The Bertz CT molecular complexity index is 712. The van der Waals surface area contributed by atoms with E-state index in [1.807, 2.05) is 12.3 Å². The Balaban J connectivity index is 2.04. The molecule has 0 aliphatic heterocycles. The first-order valence-electron chi connectivity index (χ1n) is 7.13. The Hall–Kier alpha value is -2.90. The molecule has 23 heavy (non-hydrogen) atoms. The van der Waals surface area contributed by atoms with Crippen LogP contribution in [0.2, 0.25) is 0 Å². The SMILES string of the molecule is Cc1cc(C)c([N+](=O)[O-])cc1NC(=O)N(C)CCn1cccn1. The van der Waals surface area contributed by atoms with Gasteiger partial charge in [0.25, 0.3) is 5.69 Å². The summed E-state index contributed by atoms with van der Waals surface area (Å²) >= 11 is 0. The average Bonchev–Trinajstić information content (AvgIpc) is 3.00. The van der Waals surface area contributed by atoms with Gasteiger partial charge < -0.3 is 10.2 Å². The van der Waals surface area contributed by atoms with Crippen molar-refractivity contribution in [2.75, 3.05) is 18.9 Å². The van der Waals surface area contributed by atoms with E-state index in [0.29, 0.717) is 24.3 Å². The monoisotopic (exact) mass is 317 g/mol. The molecule has 1 N–H and O–H groups in total. The fourth-order valence-corrected chi connectivity index (χ4v) is 2.17. The number of aryl methyl sites for hydroxylation is 2. The van der Waals surface area contributed by atoms with Gasteiger partial charge >= 0.3 is 6.03 Å². The number of aromatic nitrogens is 2. The second-order valence-electron chi connectivity index (χ2n) is 5.33. The summed E-state index contributed by atoms with van der Waals surface area (Å²) in [5.74, 6) is 0. The van der Waals surface area contributed by atoms with Gasteiger partial charge in [0.05, 0.1) is 17.2 Å². The second-order valence-corrected chi connectivity index (χ2v) is 5.33. The van der Waals surface area contributed by atoms with Gasteiger partial charge in [0, 0.05) is 37.6 Å². The maximum atomic E-state index is 12.2. The summed E-state index contributed by atoms with van der Waals surface area (Å²) in [6.07, 6.45) is 3.49. The van der Waals surface area contributed by atoms with Crippen LogP contribution in [0.15, 0.2) is 30.6 Å². The minimum Gasteiger partial charge on any atom is -0.326 e. The number of nitro benzene ring substituents is 1. The molecule has 0 aliphatic rings. The van der Waals surface area contributed by atoms with E-state index in [9.17, 15) is 14.9 Å². The predicted octanol–water partition coefficient (Wildman–Crippen LogP) is 2.57. The number of anilines is 1. The van der Waals surface area contributed by atoms with Gasteiger partial charge in [-0.05, 0) is 31.5 Å². The van der Waals surface area contributed by atoms with Crippen molar-refractivity contribution < 1.29 is 9.72 Å². The van der Waals surface area contributed by atoms with Crippen LogP contribution in [0.1, 0.15) is 11.1 Å². The van der Waals surface area contributed by atoms with Crippen LogP contribution in [-0.2, 0) is 6.54 Å². The molecule has 1 aromatic heterocycles. The molecule has 2 rings (SSSR count). The number of nitro groups is 1. The van der Waals surface area contributed by atoms with E-state index >= 15 is 0 Å². The lowest BCUT2D eigenvalue weighted by molar-refractivity contribution is -0.385. The maximum Gasteiger partial charge on any atom is 0.321 e. The molecule has 8 nitrogen and oxygen atoms in total. The molecule has 0 spiro atoms. The van der Waals surface area contributed by atoms with Gasteiger partial charge in [-0.25, -0.2) is 4.79 Å². The highest BCUT2D eigenvalue weighted by Gasteiger charge is 2.16. The molecule has 2 amide bonds. The lowest BCUT2D eigenvalue weighted by Gasteiger charge is -2.19. The third kappa shape index (κ3) is 4.06. The molecule has 0 radical (unpaired) electrons. The van der Waals surface area contributed by atoms with Crippen LogP contribution in [0.4, 0.5) is 16.2 Å². The van der Waals surface area contributed by atoms with E-state index in [0.717, 1.165) is 5.56 Å². The van der Waals surface area contributed by atoms with Gasteiger partial charge in [-0.3, -0.25) is 14.8 Å². The Kier molecular flexibility index (Phi) is 4.95. The Labute approximate surface area is 133 Å². The Morgan fingerprint density at radius 3 is 2.74 bits per heavy atom. The van der Waals surface area contributed by atoms with Crippen molar-refractivity contribution in [3.05, 3.63) is 51.8 Å². The van der Waals surface area contributed by atoms with Gasteiger partial charge in [-0.15, -0.1) is 0 Å². The zero-order valence-electron chi connectivity index (χ0n) is 13.3. The van der Waals surface area contributed by atoms with E-state index in [-0.39, 0.29) is 11.7 Å². The summed E-state index contributed by atoms with van der Waals surface area (Å²) in [4.78, 5) is 24.3. The normalized spacial score (nSPS) is 10.4. The lowest BCUT2D eigenvalue weighted by atomic mass is 10.1. The van der Waals surface area contributed by atoms with E-state index in [4.69, 9.17) is 0 Å². The molecule has 0 unspecified atom stereocenters. The van der Waals surface area contributed by atoms with Crippen LogP contribution in [-0.4, -0.2) is 39.2 Å². The van der Waals surface area contributed by atoms with Gasteiger partial charge in [-0.2, -0.15) is 5.10 Å². The number of carbonyl (C=O) groups excluding carboxylic acids is 1. The number of amides is 2. The van der Waals surface area contributed by atoms with Gasteiger partial charge in [0.15, 0.2) is 0 Å². The molecule has 2 aromatic rings. The highest BCUT2D eigenvalue weighted by molar-refractivity contribution is 5.90. The molecule has 0 saturated carbocycles. The van der Waals surface area contributed by atoms with E-state index < -0.39 is 4.92 Å². The quantitative estimate of drug-likeness (QED) is 0.677. The molecule has 1 heterocycles. The zero-order chi connectivity index (χ0) is 17.0. The number of rotatable bonds is 5. The third-order valence-corrected chi connectivity index (χ3v) is 3.55. The molecular formula is C15H19N5O3. The first kappa shape index (κ1) is 16.5. The number of carbonyl (C=O) groups is 1. The number of nitrogens with one attached hydrogen (secondary N) is 1. The average molecular weight is 317 g/mol. The van der Waals surface area contributed by atoms with Crippen molar-refractivity contribution in [2.24, 2.45) is 0 Å². The van der Waals surface area contributed by atoms with E-state index in [1.54, 1.807) is 37.8 Å². The number of hydrogen-bond acceptors (Lipinski definition) is 4. The predicted molar refractivity (Wildman–Crippen MR) is 86.4 cm³/mol. The van der Waals surface area contributed by atoms with Gasteiger partial charge in [-0.1, -0.05) is 0 Å². The molecule has 0 atom stereocenters. The number of urea groups is 1. The number of hydrogen-bond donors (Lipinski definition) is 1. The topological polar surface area (TPSA) is 93.3 Å². The molecule has 122 valence electrons. The molecule has 8 heteroatoms. The first-order chi connectivity index (χ1) is 10.9. The summed E-state index contributed by atoms with van der Waals surface area (Å²) < 4.78 is 1.73. The fourth-order valence-electron chi connectivity index (χ4n) is 2.17. The molecule has 0 bridgehead atoms. The summed E-state index contributed by atoms with van der Waals surface area (Å²) in [6, 6.07) is 4.58. The second kappa shape index (κ2) is 6.91. The number of benzene rings is 1. The van der Waals surface area contributed by atoms with Crippen molar-refractivity contribution in [3.8, 4) is 0 Å². The number of likely N-dealkylation sites (N-methyl/N-ethyl adjacent to an activating group) is 1. The first-order valence-corrected chi connectivity index (χ1v) is 7.13. The molecule has 0 saturated heterocycles. The van der Waals surface area contributed by atoms with Crippen LogP contribution in [0.5, 0.6) is 0 Å². The largest absolute Gasteiger partial charge is 0.326 e. The zero-order valence-corrected chi connectivity index (χ0v) is 13.3. The molecular weight excluding hydrogens is 298 g/mol. The van der Waals surface area contributed by atoms with Crippen LogP contribution < -0.4 is 5.32 Å². The summed E-state index contributed by atoms with van der Waals surface area (Å²) in [5.41, 5.74) is 1.78. The smallest absolute Gasteiger partial charge is 0.321 e. The summed E-state index contributed by atoms with van der Waals surface area (Å²) in [5, 5.41) is 17.8. The van der Waals surface area contributed by atoms with Crippen LogP contribution in [0, 0.1) is 24.0 Å². The summed E-state index contributed by atoms with van der Waals surface area (Å²) in [7, 11) is 1.66. The Morgan fingerprint density at radius 2 is 2.13 bits per heavy atom. The van der Waals surface area contributed by atoms with Crippen LogP contribution >= 0.6 is 0 Å². The van der Waals surface area contributed by atoms with Crippen molar-refractivity contribution in [1.82, 2.24) is 14.7 Å². The van der Waals surface area contributed by atoms with Crippen molar-refractivity contribution in [2.45, 2.75) is 20.4 Å². The fraction of sp³-hybridized carbons (Fsp3) is 0.333. The molecule has 0 aliphatic carbocycles. The third-order valence-electron chi connectivity index (χ3n) is 3.55. The highest BCUT2D eigenvalue weighted by atomic mass is 16.6. The number of nitrogens with zero attached hydrogens (tertiary/aromatic N) is 4. The van der Waals surface area contributed by atoms with Gasteiger partial charge in [0.2, 0.25) is 0 Å². The summed E-state index contributed by atoms with van der Waals surface area (Å²) in [6.45, 7) is 4.52.